The van der Waals surface area contributed by atoms with Crippen molar-refractivity contribution in [3.8, 4) is 5.75 Å². The fraction of sp³-hybridized carbons (Fsp3) is 0.533. The first-order valence-electron chi connectivity index (χ1n) is 6.79. The second-order valence-corrected chi connectivity index (χ2v) is 6.13. The van der Waals surface area contributed by atoms with Crippen LogP contribution < -0.4 is 4.74 Å². The number of carboxylic acid groups (broad SMARTS) is 1. The summed E-state index contributed by atoms with van der Waals surface area (Å²) in [7, 11) is 0. The van der Waals surface area contributed by atoms with Crippen LogP contribution in [0.2, 0.25) is 5.02 Å². The topological polar surface area (TPSA) is 46.5 Å². The second kappa shape index (κ2) is 5.04. The molecule has 3 unspecified atom stereocenters. The van der Waals surface area contributed by atoms with E-state index in [1.165, 1.54) is 31.7 Å². The SMILES string of the molecule is O=C(O)c1cc(Cl)ccc1OCC1CC2CCC1C2. The number of fused-ring (bicyclic) bond motifs is 2. The van der Waals surface area contributed by atoms with Gasteiger partial charge in [0.1, 0.15) is 11.3 Å². The Morgan fingerprint density at radius 3 is 2.84 bits per heavy atom. The Kier molecular flexibility index (Phi) is 3.40. The van der Waals surface area contributed by atoms with Crippen molar-refractivity contribution < 1.29 is 14.6 Å². The van der Waals surface area contributed by atoms with Gasteiger partial charge >= 0.3 is 5.97 Å². The van der Waals surface area contributed by atoms with Crippen molar-refractivity contribution in [3.63, 3.8) is 0 Å². The summed E-state index contributed by atoms with van der Waals surface area (Å²) in [5.41, 5.74) is 0.149. The van der Waals surface area contributed by atoms with Gasteiger partial charge in [-0.3, -0.25) is 0 Å². The molecule has 3 atom stereocenters. The van der Waals surface area contributed by atoms with E-state index in [1.54, 1.807) is 12.1 Å². The maximum atomic E-state index is 11.2. The molecule has 102 valence electrons. The third-order valence-electron chi connectivity index (χ3n) is 4.51. The molecular formula is C15H17ClO3. The van der Waals surface area contributed by atoms with Crippen LogP contribution in [0.15, 0.2) is 18.2 Å². The molecule has 3 nitrogen and oxygen atoms in total. The van der Waals surface area contributed by atoms with E-state index in [-0.39, 0.29) is 5.56 Å². The van der Waals surface area contributed by atoms with Gasteiger partial charge in [-0.05, 0) is 55.2 Å². The highest BCUT2D eigenvalue weighted by molar-refractivity contribution is 6.31. The molecule has 0 heterocycles. The van der Waals surface area contributed by atoms with Gasteiger partial charge in [-0.2, -0.15) is 0 Å². The Hall–Kier alpha value is -1.22. The van der Waals surface area contributed by atoms with Crippen molar-refractivity contribution in [2.75, 3.05) is 6.61 Å². The molecule has 0 spiro atoms. The summed E-state index contributed by atoms with van der Waals surface area (Å²) in [4.78, 5) is 11.2. The standard InChI is InChI=1S/C15H17ClO3/c16-12-3-4-14(13(7-12)15(17)18)19-8-11-6-9-1-2-10(11)5-9/h3-4,7,9-11H,1-2,5-6,8H2,(H,17,18). The number of aromatic carboxylic acids is 1. The number of halogens is 1. The summed E-state index contributed by atoms with van der Waals surface area (Å²) < 4.78 is 5.75. The summed E-state index contributed by atoms with van der Waals surface area (Å²) >= 11 is 5.82. The fourth-order valence-electron chi connectivity index (χ4n) is 3.57. The van der Waals surface area contributed by atoms with Gasteiger partial charge in [0.05, 0.1) is 6.61 Å². The van der Waals surface area contributed by atoms with Gasteiger partial charge in [0.15, 0.2) is 0 Å². The van der Waals surface area contributed by atoms with Gasteiger partial charge in [-0.25, -0.2) is 4.79 Å². The zero-order chi connectivity index (χ0) is 13.4. The van der Waals surface area contributed by atoms with E-state index in [2.05, 4.69) is 0 Å². The van der Waals surface area contributed by atoms with Gasteiger partial charge in [0, 0.05) is 5.02 Å². The molecule has 0 amide bonds. The van der Waals surface area contributed by atoms with Gasteiger partial charge in [0.25, 0.3) is 0 Å². The van der Waals surface area contributed by atoms with Gasteiger partial charge in [-0.1, -0.05) is 18.0 Å². The van der Waals surface area contributed by atoms with Crippen LogP contribution in [-0.2, 0) is 0 Å². The molecule has 3 rings (SSSR count). The highest BCUT2D eigenvalue weighted by Gasteiger charge is 2.39. The molecule has 1 aromatic carbocycles. The first-order chi connectivity index (χ1) is 9.13. The molecule has 2 saturated carbocycles. The Balaban J connectivity index is 1.68. The Bertz CT molecular complexity index is 500. The van der Waals surface area contributed by atoms with E-state index in [9.17, 15) is 4.79 Å². The highest BCUT2D eigenvalue weighted by Crippen LogP contribution is 2.48. The molecule has 2 aliphatic rings. The van der Waals surface area contributed by atoms with Gasteiger partial charge < -0.3 is 9.84 Å². The molecular weight excluding hydrogens is 264 g/mol. The highest BCUT2D eigenvalue weighted by atomic mass is 35.5. The predicted molar refractivity (Wildman–Crippen MR) is 72.8 cm³/mol. The van der Waals surface area contributed by atoms with E-state index in [0.29, 0.717) is 23.3 Å². The van der Waals surface area contributed by atoms with Crippen LogP contribution in [-0.4, -0.2) is 17.7 Å². The van der Waals surface area contributed by atoms with Gasteiger partial charge in [-0.15, -0.1) is 0 Å². The number of hydrogen-bond acceptors (Lipinski definition) is 2. The summed E-state index contributed by atoms with van der Waals surface area (Å²) in [6.45, 7) is 0.628. The number of carboxylic acids is 1. The number of rotatable bonds is 4. The van der Waals surface area contributed by atoms with Crippen LogP contribution in [0, 0.1) is 17.8 Å². The van der Waals surface area contributed by atoms with Crippen LogP contribution in [0.3, 0.4) is 0 Å². The Morgan fingerprint density at radius 1 is 1.37 bits per heavy atom. The van der Waals surface area contributed by atoms with Crippen LogP contribution >= 0.6 is 11.6 Å². The number of carbonyl (C=O) groups is 1. The molecule has 2 bridgehead atoms. The summed E-state index contributed by atoms with van der Waals surface area (Å²) in [5.74, 6) is 1.69. The number of benzene rings is 1. The average Bonchev–Trinajstić information content (AvgIpc) is 2.99. The average molecular weight is 281 g/mol. The lowest BCUT2D eigenvalue weighted by Crippen LogP contribution is -2.19. The normalized spacial score (nSPS) is 28.6. The van der Waals surface area contributed by atoms with Crippen molar-refractivity contribution >= 4 is 17.6 Å². The van der Waals surface area contributed by atoms with Crippen molar-refractivity contribution in [3.05, 3.63) is 28.8 Å². The van der Waals surface area contributed by atoms with E-state index in [1.807, 2.05) is 0 Å². The first kappa shape index (κ1) is 12.8. The van der Waals surface area contributed by atoms with Crippen molar-refractivity contribution in [1.82, 2.24) is 0 Å². The summed E-state index contributed by atoms with van der Waals surface area (Å²) in [5, 5.41) is 9.57. The molecule has 1 N–H and O–H groups in total. The van der Waals surface area contributed by atoms with Crippen molar-refractivity contribution in [1.29, 1.82) is 0 Å². The molecule has 19 heavy (non-hydrogen) atoms. The zero-order valence-electron chi connectivity index (χ0n) is 10.6. The minimum absolute atomic E-state index is 0.149. The van der Waals surface area contributed by atoms with Crippen LogP contribution in [0.25, 0.3) is 0 Å². The smallest absolute Gasteiger partial charge is 0.339 e. The molecule has 4 heteroatoms. The molecule has 0 aromatic heterocycles. The minimum Gasteiger partial charge on any atom is -0.492 e. The molecule has 2 aliphatic carbocycles. The third kappa shape index (κ3) is 2.57. The lowest BCUT2D eigenvalue weighted by Gasteiger charge is -2.22. The van der Waals surface area contributed by atoms with Gasteiger partial charge in [0.2, 0.25) is 0 Å². The second-order valence-electron chi connectivity index (χ2n) is 5.69. The zero-order valence-corrected chi connectivity index (χ0v) is 11.4. The number of ether oxygens (including phenoxy) is 1. The Morgan fingerprint density at radius 2 is 2.21 bits per heavy atom. The van der Waals surface area contributed by atoms with Crippen molar-refractivity contribution in [2.24, 2.45) is 17.8 Å². The van der Waals surface area contributed by atoms with Crippen molar-refractivity contribution in [2.45, 2.75) is 25.7 Å². The Labute approximate surface area is 117 Å². The number of hydrogen-bond donors (Lipinski definition) is 1. The van der Waals surface area contributed by atoms with Crippen LogP contribution in [0.4, 0.5) is 0 Å². The summed E-state index contributed by atoms with van der Waals surface area (Å²) in [6.07, 6.45) is 5.24. The van der Waals surface area contributed by atoms with E-state index < -0.39 is 5.97 Å². The van der Waals surface area contributed by atoms with Crippen LogP contribution in [0.5, 0.6) is 5.75 Å². The molecule has 2 fully saturated rings. The largest absolute Gasteiger partial charge is 0.492 e. The molecule has 0 saturated heterocycles. The van der Waals surface area contributed by atoms with E-state index in [4.69, 9.17) is 21.4 Å². The lowest BCUT2D eigenvalue weighted by molar-refractivity contribution is 0.0690. The first-order valence-corrected chi connectivity index (χ1v) is 7.17. The maximum absolute atomic E-state index is 11.2. The van der Waals surface area contributed by atoms with E-state index in [0.717, 1.165) is 11.8 Å². The fourth-order valence-corrected chi connectivity index (χ4v) is 3.74. The minimum atomic E-state index is -0.995. The summed E-state index contributed by atoms with van der Waals surface area (Å²) in [6, 6.07) is 4.77. The molecule has 0 radical (unpaired) electrons. The third-order valence-corrected chi connectivity index (χ3v) is 4.74. The molecule has 1 aromatic rings. The monoisotopic (exact) mass is 280 g/mol. The predicted octanol–water partition coefficient (Wildman–Crippen LogP) is 3.85. The maximum Gasteiger partial charge on any atom is 0.339 e. The van der Waals surface area contributed by atoms with E-state index >= 15 is 0 Å². The quantitative estimate of drug-likeness (QED) is 0.911. The molecule has 0 aliphatic heterocycles. The lowest BCUT2D eigenvalue weighted by atomic mass is 9.89. The van der Waals surface area contributed by atoms with Crippen LogP contribution in [0.1, 0.15) is 36.0 Å².